The number of thioether (sulfide) groups is 1. The Balaban J connectivity index is 1.67. The first-order valence-electron chi connectivity index (χ1n) is 9.12. The van der Waals surface area contributed by atoms with Crippen LogP contribution < -0.4 is 5.32 Å². The third-order valence-electron chi connectivity index (χ3n) is 4.43. The molecule has 3 rings (SSSR count). The number of carbonyl (C=O) groups excluding carboxylic acids is 2. The Bertz CT molecular complexity index is 1010. The van der Waals surface area contributed by atoms with Crippen molar-refractivity contribution in [3.8, 4) is 0 Å². The summed E-state index contributed by atoms with van der Waals surface area (Å²) in [6.45, 7) is 6.08. The van der Waals surface area contributed by atoms with Crippen molar-refractivity contribution >= 4 is 40.3 Å². The maximum Gasteiger partial charge on any atom is 0.374 e. The van der Waals surface area contributed by atoms with E-state index in [1.165, 1.54) is 17.3 Å². The average molecular weight is 397 g/mol. The van der Waals surface area contributed by atoms with Gasteiger partial charge in [0, 0.05) is 22.4 Å². The zero-order valence-corrected chi connectivity index (χ0v) is 17.0. The second kappa shape index (κ2) is 8.97. The Morgan fingerprint density at radius 3 is 2.64 bits per heavy atom. The van der Waals surface area contributed by atoms with Crippen molar-refractivity contribution in [2.75, 3.05) is 17.7 Å². The van der Waals surface area contributed by atoms with Crippen LogP contribution >= 0.6 is 11.8 Å². The molecule has 0 spiro atoms. The van der Waals surface area contributed by atoms with E-state index in [9.17, 15) is 9.59 Å². The molecule has 1 N–H and O–H groups in total. The molecule has 0 unspecified atom stereocenters. The molecule has 28 heavy (non-hydrogen) atoms. The number of anilines is 1. The van der Waals surface area contributed by atoms with Crippen LogP contribution in [-0.4, -0.2) is 24.2 Å². The number of ether oxygens (including phenoxy) is 1. The van der Waals surface area contributed by atoms with Crippen LogP contribution in [0.4, 0.5) is 5.69 Å². The summed E-state index contributed by atoms with van der Waals surface area (Å²) in [5.74, 6) is 0.401. The SMILES string of the molecule is CCOC(=O)c1oc2ccccc2c1CSCC(=O)Nc1ccc(C)c(C)c1. The Kier molecular flexibility index (Phi) is 6.41. The molecule has 0 fully saturated rings. The van der Waals surface area contributed by atoms with Gasteiger partial charge in [0.25, 0.3) is 0 Å². The summed E-state index contributed by atoms with van der Waals surface area (Å²) in [6, 6.07) is 13.3. The third-order valence-corrected chi connectivity index (χ3v) is 5.39. The molecule has 0 aliphatic rings. The van der Waals surface area contributed by atoms with Gasteiger partial charge in [-0.25, -0.2) is 4.79 Å². The Morgan fingerprint density at radius 2 is 1.89 bits per heavy atom. The number of hydrogen-bond acceptors (Lipinski definition) is 5. The molecule has 0 saturated heterocycles. The number of fused-ring (bicyclic) bond motifs is 1. The predicted molar refractivity (Wildman–Crippen MR) is 113 cm³/mol. The van der Waals surface area contributed by atoms with Crippen LogP contribution in [0.5, 0.6) is 0 Å². The van der Waals surface area contributed by atoms with E-state index < -0.39 is 5.97 Å². The highest BCUT2D eigenvalue weighted by atomic mass is 32.2. The standard InChI is InChI=1S/C22H23NO4S/c1-4-26-22(25)21-18(17-7-5-6-8-19(17)27-21)12-28-13-20(24)23-16-10-9-14(2)15(3)11-16/h5-11H,4,12-13H2,1-3H3,(H,23,24). The molecule has 6 heteroatoms. The van der Waals surface area contributed by atoms with Gasteiger partial charge in [-0.2, -0.15) is 0 Å². The van der Waals surface area contributed by atoms with Gasteiger partial charge in [-0.1, -0.05) is 24.3 Å². The lowest BCUT2D eigenvalue weighted by molar-refractivity contribution is -0.113. The largest absolute Gasteiger partial charge is 0.460 e. The van der Waals surface area contributed by atoms with Crippen molar-refractivity contribution in [3.63, 3.8) is 0 Å². The molecule has 1 aromatic heterocycles. The van der Waals surface area contributed by atoms with E-state index >= 15 is 0 Å². The highest BCUT2D eigenvalue weighted by Crippen LogP contribution is 2.30. The number of furan rings is 1. The van der Waals surface area contributed by atoms with E-state index in [0.29, 0.717) is 11.3 Å². The molecule has 0 atom stereocenters. The zero-order valence-electron chi connectivity index (χ0n) is 16.2. The molecule has 3 aromatic rings. The van der Waals surface area contributed by atoms with Crippen LogP contribution in [0.1, 0.15) is 34.2 Å². The molecule has 1 heterocycles. The van der Waals surface area contributed by atoms with Crippen LogP contribution in [-0.2, 0) is 15.3 Å². The Hall–Kier alpha value is -2.73. The zero-order chi connectivity index (χ0) is 20.1. The summed E-state index contributed by atoms with van der Waals surface area (Å²) in [5.41, 5.74) is 4.51. The highest BCUT2D eigenvalue weighted by Gasteiger charge is 2.21. The fourth-order valence-corrected chi connectivity index (χ4v) is 3.72. The molecule has 0 radical (unpaired) electrons. The highest BCUT2D eigenvalue weighted by molar-refractivity contribution is 7.99. The molecule has 0 bridgehead atoms. The van der Waals surface area contributed by atoms with E-state index in [2.05, 4.69) is 5.32 Å². The molecule has 0 aliphatic heterocycles. The number of amides is 1. The first-order chi connectivity index (χ1) is 13.5. The van der Waals surface area contributed by atoms with Crippen LogP contribution in [0.25, 0.3) is 11.0 Å². The van der Waals surface area contributed by atoms with Gasteiger partial charge in [-0.15, -0.1) is 11.8 Å². The lowest BCUT2D eigenvalue weighted by atomic mass is 10.1. The molecule has 0 aliphatic carbocycles. The fourth-order valence-electron chi connectivity index (χ4n) is 2.87. The summed E-state index contributed by atoms with van der Waals surface area (Å²) in [4.78, 5) is 24.5. The topological polar surface area (TPSA) is 68.5 Å². The van der Waals surface area contributed by atoms with Crippen molar-refractivity contribution in [1.29, 1.82) is 0 Å². The van der Waals surface area contributed by atoms with Crippen LogP contribution in [0, 0.1) is 13.8 Å². The van der Waals surface area contributed by atoms with E-state index in [1.807, 2.05) is 56.3 Å². The summed E-state index contributed by atoms with van der Waals surface area (Å²) >= 11 is 1.43. The molecular weight excluding hydrogens is 374 g/mol. The summed E-state index contributed by atoms with van der Waals surface area (Å²) in [6.07, 6.45) is 0. The normalized spacial score (nSPS) is 10.8. The maximum absolute atomic E-state index is 12.3. The van der Waals surface area contributed by atoms with E-state index in [-0.39, 0.29) is 24.0 Å². The minimum Gasteiger partial charge on any atom is -0.460 e. The third kappa shape index (κ3) is 4.57. The van der Waals surface area contributed by atoms with E-state index in [1.54, 1.807) is 6.92 Å². The van der Waals surface area contributed by atoms with Crippen LogP contribution in [0.15, 0.2) is 46.9 Å². The molecular formula is C22H23NO4S. The number of aryl methyl sites for hydroxylation is 2. The Labute approximate surface area is 168 Å². The van der Waals surface area contributed by atoms with Crippen molar-refractivity contribution in [2.24, 2.45) is 0 Å². The smallest absolute Gasteiger partial charge is 0.374 e. The second-order valence-corrected chi connectivity index (χ2v) is 7.45. The monoisotopic (exact) mass is 397 g/mol. The molecule has 146 valence electrons. The van der Waals surface area contributed by atoms with Gasteiger partial charge >= 0.3 is 5.97 Å². The number of carbonyl (C=O) groups is 2. The minimum absolute atomic E-state index is 0.0845. The minimum atomic E-state index is -0.478. The van der Waals surface area contributed by atoms with E-state index in [0.717, 1.165) is 22.2 Å². The van der Waals surface area contributed by atoms with Crippen LogP contribution in [0.2, 0.25) is 0 Å². The van der Waals surface area contributed by atoms with Crippen LogP contribution in [0.3, 0.4) is 0 Å². The van der Waals surface area contributed by atoms with Gasteiger partial charge in [0.15, 0.2) is 0 Å². The number of para-hydroxylation sites is 1. The lowest BCUT2D eigenvalue weighted by Crippen LogP contribution is -2.14. The predicted octanol–water partition coefficient (Wildman–Crippen LogP) is 5.10. The van der Waals surface area contributed by atoms with Gasteiger partial charge in [-0.3, -0.25) is 4.79 Å². The summed E-state index contributed by atoms with van der Waals surface area (Å²) < 4.78 is 10.8. The number of nitrogens with one attached hydrogen (secondary N) is 1. The molecule has 1 amide bonds. The van der Waals surface area contributed by atoms with Gasteiger partial charge in [0.2, 0.25) is 11.7 Å². The number of benzene rings is 2. The lowest BCUT2D eigenvalue weighted by Gasteiger charge is -2.08. The molecule has 5 nitrogen and oxygen atoms in total. The van der Waals surface area contributed by atoms with Gasteiger partial charge in [0.05, 0.1) is 12.4 Å². The number of esters is 1. The maximum atomic E-state index is 12.3. The van der Waals surface area contributed by atoms with Crippen molar-refractivity contribution in [2.45, 2.75) is 26.5 Å². The average Bonchev–Trinajstić information content (AvgIpc) is 3.04. The van der Waals surface area contributed by atoms with Gasteiger partial charge in [0.1, 0.15) is 5.58 Å². The van der Waals surface area contributed by atoms with Gasteiger partial charge < -0.3 is 14.5 Å². The number of rotatable bonds is 7. The quantitative estimate of drug-likeness (QED) is 0.562. The summed E-state index contributed by atoms with van der Waals surface area (Å²) in [7, 11) is 0. The van der Waals surface area contributed by atoms with Gasteiger partial charge in [-0.05, 0) is 50.1 Å². The van der Waals surface area contributed by atoms with Crippen molar-refractivity contribution < 1.29 is 18.7 Å². The second-order valence-electron chi connectivity index (χ2n) is 6.47. The number of hydrogen-bond donors (Lipinski definition) is 1. The summed E-state index contributed by atoms with van der Waals surface area (Å²) in [5, 5.41) is 3.78. The molecule has 2 aromatic carbocycles. The fraction of sp³-hybridized carbons (Fsp3) is 0.273. The van der Waals surface area contributed by atoms with Crippen molar-refractivity contribution in [3.05, 3.63) is 64.9 Å². The molecule has 0 saturated carbocycles. The van der Waals surface area contributed by atoms with Crippen molar-refractivity contribution in [1.82, 2.24) is 0 Å². The Morgan fingerprint density at radius 1 is 1.11 bits per heavy atom. The first kappa shape index (κ1) is 20.0. The van der Waals surface area contributed by atoms with E-state index in [4.69, 9.17) is 9.15 Å². The first-order valence-corrected chi connectivity index (χ1v) is 10.3.